The van der Waals surface area contributed by atoms with Gasteiger partial charge in [-0.3, -0.25) is 10.1 Å². The molecule has 0 aliphatic rings. The Kier molecular flexibility index (Phi) is 1.69. The molecule has 0 aliphatic heterocycles. The molecule has 0 amide bonds. The molecule has 0 aliphatic carbocycles. The van der Waals surface area contributed by atoms with Gasteiger partial charge in [0.1, 0.15) is 5.82 Å². The van der Waals surface area contributed by atoms with Gasteiger partial charge in [-0.2, -0.15) is 5.10 Å². The fourth-order valence-electron chi connectivity index (χ4n) is 0.825. The Morgan fingerprint density at radius 2 is 2.25 bits per heavy atom. The van der Waals surface area contributed by atoms with Crippen molar-refractivity contribution in [2.24, 2.45) is 0 Å². The van der Waals surface area contributed by atoms with Crippen molar-refractivity contribution in [1.29, 1.82) is 0 Å². The Balaban J connectivity index is 2.15. The Bertz CT molecular complexity index is 328. The summed E-state index contributed by atoms with van der Waals surface area (Å²) in [5.41, 5.74) is 0. The van der Waals surface area contributed by atoms with E-state index in [1.807, 2.05) is 6.07 Å². The van der Waals surface area contributed by atoms with E-state index in [1.165, 1.54) is 0 Å². The topological polar surface area (TPSA) is 66.5 Å². The van der Waals surface area contributed by atoms with Crippen molar-refractivity contribution >= 4 is 11.6 Å². The lowest BCUT2D eigenvalue weighted by Gasteiger charge is -1.97. The van der Waals surface area contributed by atoms with Crippen LogP contribution in [0.4, 0.5) is 11.6 Å². The highest BCUT2D eigenvalue weighted by Crippen LogP contribution is 2.07. The van der Waals surface area contributed by atoms with Gasteiger partial charge in [-0.05, 0) is 0 Å². The third-order valence-corrected chi connectivity index (χ3v) is 1.32. The van der Waals surface area contributed by atoms with Gasteiger partial charge in [-0.1, -0.05) is 0 Å². The molecule has 0 radical (unpaired) electrons. The van der Waals surface area contributed by atoms with Gasteiger partial charge in [0.2, 0.25) is 0 Å². The predicted octanol–water partition coefficient (Wildman–Crippen LogP) is 0.943. The molecular formula is C7H7N5. The lowest BCUT2D eigenvalue weighted by atomic mass is 10.6. The average molecular weight is 161 g/mol. The standard InChI is InChI=1S/C7H7N5/c1-2-10-12-6(1)11-7-5-8-3-4-9-7/h1-5H,(H2,9,10,11,12). The van der Waals surface area contributed by atoms with Crippen LogP contribution >= 0.6 is 0 Å². The highest BCUT2D eigenvalue weighted by Gasteiger charge is 1.94. The van der Waals surface area contributed by atoms with Crippen LogP contribution in [0.2, 0.25) is 0 Å². The summed E-state index contributed by atoms with van der Waals surface area (Å²) >= 11 is 0. The molecule has 2 aromatic rings. The zero-order valence-corrected chi connectivity index (χ0v) is 6.23. The molecule has 0 fully saturated rings. The van der Waals surface area contributed by atoms with E-state index in [2.05, 4.69) is 25.5 Å². The fraction of sp³-hybridized carbons (Fsp3) is 0. The Morgan fingerprint density at radius 3 is 2.92 bits per heavy atom. The maximum Gasteiger partial charge on any atom is 0.153 e. The second-order valence-corrected chi connectivity index (χ2v) is 2.18. The zero-order valence-electron chi connectivity index (χ0n) is 6.23. The lowest BCUT2D eigenvalue weighted by Crippen LogP contribution is -1.93. The van der Waals surface area contributed by atoms with Crippen molar-refractivity contribution in [3.8, 4) is 0 Å². The largest absolute Gasteiger partial charge is 0.322 e. The van der Waals surface area contributed by atoms with E-state index in [1.54, 1.807) is 24.8 Å². The first-order valence-electron chi connectivity index (χ1n) is 3.48. The van der Waals surface area contributed by atoms with Crippen molar-refractivity contribution in [2.45, 2.75) is 0 Å². The Hall–Kier alpha value is -1.91. The average Bonchev–Trinajstić information content (AvgIpc) is 2.59. The molecule has 0 spiro atoms. The van der Waals surface area contributed by atoms with E-state index in [0.29, 0.717) is 5.82 Å². The second kappa shape index (κ2) is 3.00. The number of rotatable bonds is 2. The van der Waals surface area contributed by atoms with Crippen LogP contribution in [0.3, 0.4) is 0 Å². The Labute approximate surface area is 68.9 Å². The SMILES string of the molecule is c1cnc(Nc2cc[nH]n2)cn1. The third-order valence-electron chi connectivity index (χ3n) is 1.32. The summed E-state index contributed by atoms with van der Waals surface area (Å²) in [4.78, 5) is 7.93. The number of nitrogens with one attached hydrogen (secondary N) is 2. The normalized spacial score (nSPS) is 9.67. The molecule has 2 N–H and O–H groups in total. The predicted molar refractivity (Wildman–Crippen MR) is 43.9 cm³/mol. The summed E-state index contributed by atoms with van der Waals surface area (Å²) < 4.78 is 0. The van der Waals surface area contributed by atoms with Crippen LogP contribution < -0.4 is 5.32 Å². The lowest BCUT2D eigenvalue weighted by molar-refractivity contribution is 1.09. The highest BCUT2D eigenvalue weighted by atomic mass is 15.2. The van der Waals surface area contributed by atoms with Crippen LogP contribution in [-0.4, -0.2) is 20.2 Å². The van der Waals surface area contributed by atoms with Gasteiger partial charge >= 0.3 is 0 Å². The third kappa shape index (κ3) is 1.39. The summed E-state index contributed by atoms with van der Waals surface area (Å²) in [5.74, 6) is 1.42. The monoisotopic (exact) mass is 161 g/mol. The number of aromatic nitrogens is 4. The number of H-pyrrole nitrogens is 1. The van der Waals surface area contributed by atoms with Gasteiger partial charge in [0.05, 0.1) is 6.20 Å². The van der Waals surface area contributed by atoms with Crippen molar-refractivity contribution in [3.63, 3.8) is 0 Å². The number of aromatic amines is 1. The van der Waals surface area contributed by atoms with Crippen LogP contribution in [0.15, 0.2) is 30.9 Å². The minimum absolute atomic E-state index is 0.685. The van der Waals surface area contributed by atoms with Crippen molar-refractivity contribution in [2.75, 3.05) is 5.32 Å². The molecule has 0 saturated heterocycles. The van der Waals surface area contributed by atoms with Crippen LogP contribution in [0, 0.1) is 0 Å². The maximum absolute atomic E-state index is 4.03. The quantitative estimate of drug-likeness (QED) is 0.688. The van der Waals surface area contributed by atoms with Crippen molar-refractivity contribution < 1.29 is 0 Å². The van der Waals surface area contributed by atoms with Crippen LogP contribution in [0.5, 0.6) is 0 Å². The van der Waals surface area contributed by atoms with Crippen molar-refractivity contribution in [1.82, 2.24) is 20.2 Å². The van der Waals surface area contributed by atoms with Gasteiger partial charge in [0, 0.05) is 24.7 Å². The first-order valence-corrected chi connectivity index (χ1v) is 3.48. The molecule has 0 bridgehead atoms. The number of hydrogen-bond donors (Lipinski definition) is 2. The number of hydrogen-bond acceptors (Lipinski definition) is 4. The molecule has 2 heterocycles. The summed E-state index contributed by atoms with van der Waals surface area (Å²) in [5, 5.41) is 9.56. The van der Waals surface area contributed by atoms with E-state index in [0.717, 1.165) is 5.82 Å². The van der Waals surface area contributed by atoms with Gasteiger partial charge < -0.3 is 5.32 Å². The molecule has 12 heavy (non-hydrogen) atoms. The summed E-state index contributed by atoms with van der Waals surface area (Å²) in [6, 6.07) is 1.81. The summed E-state index contributed by atoms with van der Waals surface area (Å²) in [6.45, 7) is 0. The molecule has 2 aromatic heterocycles. The molecular weight excluding hydrogens is 154 g/mol. The van der Waals surface area contributed by atoms with Gasteiger partial charge in [-0.15, -0.1) is 0 Å². The highest BCUT2D eigenvalue weighted by molar-refractivity contribution is 5.48. The van der Waals surface area contributed by atoms with E-state index in [-0.39, 0.29) is 0 Å². The Morgan fingerprint density at radius 1 is 1.25 bits per heavy atom. The van der Waals surface area contributed by atoms with Crippen LogP contribution in [-0.2, 0) is 0 Å². The summed E-state index contributed by atoms with van der Waals surface area (Å²) in [6.07, 6.45) is 6.61. The minimum atomic E-state index is 0.685. The molecule has 0 atom stereocenters. The molecule has 2 rings (SSSR count). The molecule has 5 nitrogen and oxygen atoms in total. The fourth-order valence-corrected chi connectivity index (χ4v) is 0.825. The molecule has 0 unspecified atom stereocenters. The molecule has 60 valence electrons. The zero-order chi connectivity index (χ0) is 8.23. The van der Waals surface area contributed by atoms with E-state index in [4.69, 9.17) is 0 Å². The number of nitrogens with zero attached hydrogens (tertiary/aromatic N) is 3. The maximum atomic E-state index is 4.03. The first-order chi connectivity index (χ1) is 5.95. The summed E-state index contributed by atoms with van der Waals surface area (Å²) in [7, 11) is 0. The molecule has 0 saturated carbocycles. The van der Waals surface area contributed by atoms with Crippen LogP contribution in [0.1, 0.15) is 0 Å². The van der Waals surface area contributed by atoms with Crippen molar-refractivity contribution in [3.05, 3.63) is 30.9 Å². The number of anilines is 2. The smallest absolute Gasteiger partial charge is 0.153 e. The molecule has 0 aromatic carbocycles. The minimum Gasteiger partial charge on any atom is -0.322 e. The molecule has 5 heteroatoms. The van der Waals surface area contributed by atoms with Gasteiger partial charge in [-0.25, -0.2) is 4.98 Å². The second-order valence-electron chi connectivity index (χ2n) is 2.18. The first kappa shape index (κ1) is 6.78. The van der Waals surface area contributed by atoms with E-state index < -0.39 is 0 Å². The van der Waals surface area contributed by atoms with E-state index >= 15 is 0 Å². The van der Waals surface area contributed by atoms with Crippen LogP contribution in [0.25, 0.3) is 0 Å². The van der Waals surface area contributed by atoms with E-state index in [9.17, 15) is 0 Å². The van der Waals surface area contributed by atoms with Gasteiger partial charge in [0.15, 0.2) is 5.82 Å². The van der Waals surface area contributed by atoms with Gasteiger partial charge in [0.25, 0.3) is 0 Å².